The zero-order valence-electron chi connectivity index (χ0n) is 10.8. The molecule has 0 amide bonds. The molecule has 2 aromatic carbocycles. The van der Waals surface area contributed by atoms with Crippen LogP contribution in [0, 0.1) is 0 Å². The molecule has 0 aliphatic rings. The Kier molecular flexibility index (Phi) is 3.34. The van der Waals surface area contributed by atoms with Gasteiger partial charge in [-0.05, 0) is 24.5 Å². The van der Waals surface area contributed by atoms with Gasteiger partial charge < -0.3 is 10.1 Å². The van der Waals surface area contributed by atoms with Gasteiger partial charge in [-0.25, -0.2) is 0 Å². The summed E-state index contributed by atoms with van der Waals surface area (Å²) >= 11 is 0. The summed E-state index contributed by atoms with van der Waals surface area (Å²) < 4.78 is 0. The van der Waals surface area contributed by atoms with Crippen molar-refractivity contribution in [1.82, 2.24) is 4.98 Å². The first-order valence-electron chi connectivity index (χ1n) is 6.66. The molecule has 0 atom stereocenters. The smallest absolute Gasteiger partial charge is 0.0462 e. The van der Waals surface area contributed by atoms with E-state index in [0.717, 1.165) is 18.4 Å². The van der Waals surface area contributed by atoms with Crippen LogP contribution in [-0.4, -0.2) is 16.7 Å². The Hall–Kier alpha value is -2.06. The highest BCUT2D eigenvalue weighted by Gasteiger charge is 2.12. The van der Waals surface area contributed by atoms with Crippen LogP contribution >= 0.6 is 0 Å². The van der Waals surface area contributed by atoms with E-state index in [9.17, 15) is 0 Å². The minimum atomic E-state index is 0.226. The van der Waals surface area contributed by atoms with Gasteiger partial charge in [-0.1, -0.05) is 48.5 Å². The lowest BCUT2D eigenvalue weighted by atomic mass is 10.00. The molecule has 1 aromatic heterocycles. The fraction of sp³-hybridized carbons (Fsp3) is 0.176. The Morgan fingerprint density at radius 2 is 1.63 bits per heavy atom. The van der Waals surface area contributed by atoms with E-state index in [0.29, 0.717) is 0 Å². The Labute approximate surface area is 112 Å². The van der Waals surface area contributed by atoms with Crippen LogP contribution in [0.4, 0.5) is 0 Å². The van der Waals surface area contributed by atoms with Crippen molar-refractivity contribution in [3.05, 3.63) is 60.3 Å². The molecule has 0 unspecified atom stereocenters. The average Bonchev–Trinajstić information content (AvgIpc) is 2.84. The van der Waals surface area contributed by atoms with Gasteiger partial charge in [0.2, 0.25) is 0 Å². The minimum Gasteiger partial charge on any atom is -0.396 e. The van der Waals surface area contributed by atoms with Crippen molar-refractivity contribution < 1.29 is 5.11 Å². The second kappa shape index (κ2) is 5.29. The number of aromatic amines is 1. The fourth-order valence-electron chi connectivity index (χ4n) is 2.58. The molecule has 0 spiro atoms. The summed E-state index contributed by atoms with van der Waals surface area (Å²) in [5.41, 5.74) is 4.87. The number of H-pyrrole nitrogens is 1. The Bertz CT molecular complexity index is 670. The van der Waals surface area contributed by atoms with E-state index in [1.54, 1.807) is 0 Å². The van der Waals surface area contributed by atoms with Gasteiger partial charge in [0.1, 0.15) is 0 Å². The Morgan fingerprint density at radius 3 is 2.42 bits per heavy atom. The molecule has 0 radical (unpaired) electrons. The van der Waals surface area contributed by atoms with E-state index >= 15 is 0 Å². The summed E-state index contributed by atoms with van der Waals surface area (Å²) in [6, 6.07) is 18.8. The molecule has 0 saturated heterocycles. The first-order chi connectivity index (χ1) is 9.40. The van der Waals surface area contributed by atoms with Crippen molar-refractivity contribution >= 4 is 10.9 Å². The molecular formula is C17H17NO. The van der Waals surface area contributed by atoms with E-state index in [1.807, 2.05) is 12.1 Å². The van der Waals surface area contributed by atoms with Crippen molar-refractivity contribution in [1.29, 1.82) is 0 Å². The van der Waals surface area contributed by atoms with Crippen LogP contribution in [0.3, 0.4) is 0 Å². The van der Waals surface area contributed by atoms with E-state index in [1.165, 1.54) is 22.2 Å². The quantitative estimate of drug-likeness (QED) is 0.727. The predicted molar refractivity (Wildman–Crippen MR) is 79.1 cm³/mol. The van der Waals surface area contributed by atoms with E-state index in [4.69, 9.17) is 5.11 Å². The zero-order chi connectivity index (χ0) is 13.1. The lowest BCUT2D eigenvalue weighted by Crippen LogP contribution is -1.92. The van der Waals surface area contributed by atoms with Crippen molar-refractivity contribution in [2.24, 2.45) is 0 Å². The normalized spacial score (nSPS) is 11.0. The zero-order valence-corrected chi connectivity index (χ0v) is 10.8. The fourth-order valence-corrected chi connectivity index (χ4v) is 2.58. The highest BCUT2D eigenvalue weighted by atomic mass is 16.2. The summed E-state index contributed by atoms with van der Waals surface area (Å²) in [5.74, 6) is 0. The predicted octanol–water partition coefficient (Wildman–Crippen LogP) is 3.76. The summed E-state index contributed by atoms with van der Waals surface area (Å²) in [6.07, 6.45) is 1.65. The van der Waals surface area contributed by atoms with E-state index in [2.05, 4.69) is 47.4 Å². The van der Waals surface area contributed by atoms with E-state index < -0.39 is 0 Å². The number of aliphatic hydroxyl groups is 1. The lowest BCUT2D eigenvalue weighted by Gasteiger charge is -2.04. The molecule has 2 N–H and O–H groups in total. The number of hydrogen-bond donors (Lipinski definition) is 2. The number of benzene rings is 2. The maximum absolute atomic E-state index is 9.05. The summed E-state index contributed by atoms with van der Waals surface area (Å²) in [7, 11) is 0. The minimum absolute atomic E-state index is 0.226. The number of aromatic nitrogens is 1. The van der Waals surface area contributed by atoms with Crippen LogP contribution in [0.15, 0.2) is 54.6 Å². The van der Waals surface area contributed by atoms with Gasteiger partial charge in [-0.2, -0.15) is 0 Å². The van der Waals surface area contributed by atoms with Gasteiger partial charge >= 0.3 is 0 Å². The molecule has 3 aromatic rings. The van der Waals surface area contributed by atoms with Crippen molar-refractivity contribution in [3.63, 3.8) is 0 Å². The third kappa shape index (κ3) is 2.27. The Balaban J connectivity index is 2.19. The van der Waals surface area contributed by atoms with Crippen LogP contribution in [0.5, 0.6) is 0 Å². The molecule has 96 valence electrons. The molecule has 2 heteroatoms. The molecule has 0 fully saturated rings. The summed E-state index contributed by atoms with van der Waals surface area (Å²) in [5, 5.41) is 10.3. The van der Waals surface area contributed by atoms with Crippen LogP contribution in [0.1, 0.15) is 12.1 Å². The first kappa shape index (κ1) is 12.0. The molecule has 0 saturated carbocycles. The van der Waals surface area contributed by atoms with Gasteiger partial charge in [-0.3, -0.25) is 0 Å². The molecular weight excluding hydrogens is 234 g/mol. The van der Waals surface area contributed by atoms with Crippen molar-refractivity contribution in [2.45, 2.75) is 12.8 Å². The lowest BCUT2D eigenvalue weighted by molar-refractivity contribution is 0.288. The number of fused-ring (bicyclic) bond motifs is 1. The highest BCUT2D eigenvalue weighted by Crippen LogP contribution is 2.32. The number of hydrogen-bond acceptors (Lipinski definition) is 1. The SMILES string of the molecule is OCCCc1[nH]c2ccccc2c1-c1ccccc1. The largest absolute Gasteiger partial charge is 0.396 e. The van der Waals surface area contributed by atoms with Crippen molar-refractivity contribution in [2.75, 3.05) is 6.61 Å². The molecule has 0 aliphatic carbocycles. The standard InChI is InChI=1S/C17H17NO/c19-12-6-11-16-17(13-7-2-1-3-8-13)14-9-4-5-10-15(14)18-16/h1-5,7-10,18-19H,6,11-12H2. The van der Waals surface area contributed by atoms with Crippen LogP contribution in [0.25, 0.3) is 22.0 Å². The van der Waals surface area contributed by atoms with Gasteiger partial charge in [0, 0.05) is 28.8 Å². The summed E-state index contributed by atoms with van der Waals surface area (Å²) in [6.45, 7) is 0.226. The average molecular weight is 251 g/mol. The van der Waals surface area contributed by atoms with Gasteiger partial charge in [-0.15, -0.1) is 0 Å². The Morgan fingerprint density at radius 1 is 0.895 bits per heavy atom. The molecule has 2 nitrogen and oxygen atoms in total. The monoisotopic (exact) mass is 251 g/mol. The number of para-hydroxylation sites is 1. The topological polar surface area (TPSA) is 36.0 Å². The number of aliphatic hydroxyl groups excluding tert-OH is 1. The summed E-state index contributed by atoms with van der Waals surface area (Å²) in [4.78, 5) is 3.49. The second-order valence-electron chi connectivity index (χ2n) is 4.72. The van der Waals surface area contributed by atoms with Crippen LogP contribution in [-0.2, 0) is 6.42 Å². The number of aryl methyl sites for hydroxylation is 1. The van der Waals surface area contributed by atoms with Gasteiger partial charge in [0.15, 0.2) is 0 Å². The van der Waals surface area contributed by atoms with Gasteiger partial charge in [0.05, 0.1) is 0 Å². The van der Waals surface area contributed by atoms with Crippen LogP contribution in [0.2, 0.25) is 0 Å². The molecule has 0 aliphatic heterocycles. The third-order valence-corrected chi connectivity index (χ3v) is 3.43. The molecule has 0 bridgehead atoms. The van der Waals surface area contributed by atoms with Gasteiger partial charge in [0.25, 0.3) is 0 Å². The maximum atomic E-state index is 9.05. The number of rotatable bonds is 4. The highest BCUT2D eigenvalue weighted by molar-refractivity contribution is 5.97. The van der Waals surface area contributed by atoms with E-state index in [-0.39, 0.29) is 6.61 Å². The number of nitrogens with one attached hydrogen (secondary N) is 1. The maximum Gasteiger partial charge on any atom is 0.0462 e. The molecule has 1 heterocycles. The first-order valence-corrected chi connectivity index (χ1v) is 6.66. The van der Waals surface area contributed by atoms with Crippen LogP contribution < -0.4 is 0 Å². The third-order valence-electron chi connectivity index (χ3n) is 3.43. The second-order valence-corrected chi connectivity index (χ2v) is 4.72. The molecule has 19 heavy (non-hydrogen) atoms. The van der Waals surface area contributed by atoms with Crippen molar-refractivity contribution in [3.8, 4) is 11.1 Å². The molecule has 3 rings (SSSR count).